The Morgan fingerprint density at radius 1 is 1.47 bits per heavy atom. The molecule has 0 aliphatic rings. The van der Waals surface area contributed by atoms with Gasteiger partial charge in [0.1, 0.15) is 10.8 Å². The molecule has 2 rings (SSSR count). The van der Waals surface area contributed by atoms with Gasteiger partial charge in [-0.2, -0.15) is 0 Å². The van der Waals surface area contributed by atoms with Crippen LogP contribution in [0.2, 0.25) is 5.02 Å². The van der Waals surface area contributed by atoms with E-state index in [0.29, 0.717) is 20.8 Å². The molecule has 0 aliphatic carbocycles. The van der Waals surface area contributed by atoms with E-state index >= 15 is 0 Å². The van der Waals surface area contributed by atoms with Gasteiger partial charge in [0, 0.05) is 5.02 Å². The minimum absolute atomic E-state index is 0.328. The first kappa shape index (κ1) is 10.2. The molecule has 0 atom stereocenters. The van der Waals surface area contributed by atoms with Crippen molar-refractivity contribution in [1.29, 1.82) is 0 Å². The molecule has 1 aromatic heterocycles. The molecule has 0 bridgehead atoms. The zero-order valence-electron chi connectivity index (χ0n) is 7.50. The Hall–Kier alpha value is -1.33. The predicted octanol–water partition coefficient (Wildman–Crippen LogP) is 3.26. The van der Waals surface area contributed by atoms with Gasteiger partial charge in [0.05, 0.1) is 11.9 Å². The van der Waals surface area contributed by atoms with Crippen LogP contribution in [0.1, 0.15) is 0 Å². The standard InChI is InChI=1S/C9H7ClFN3S/c10-5-1-2-7(6(11)3-5)14-9-13-4-8(12)15-9/h1-4H,12H2,(H,13,14). The van der Waals surface area contributed by atoms with Crippen LogP contribution in [0.25, 0.3) is 0 Å². The second-order valence-corrected chi connectivity index (χ2v) is 4.32. The Morgan fingerprint density at radius 3 is 2.87 bits per heavy atom. The first-order valence-corrected chi connectivity index (χ1v) is 5.28. The molecular weight excluding hydrogens is 237 g/mol. The number of nitrogens with zero attached hydrogens (tertiary/aromatic N) is 1. The van der Waals surface area contributed by atoms with E-state index in [4.69, 9.17) is 17.3 Å². The van der Waals surface area contributed by atoms with Gasteiger partial charge in [-0.05, 0) is 18.2 Å². The summed E-state index contributed by atoms with van der Waals surface area (Å²) in [5, 5.41) is 4.30. The van der Waals surface area contributed by atoms with E-state index in [1.54, 1.807) is 12.1 Å². The van der Waals surface area contributed by atoms with Crippen LogP contribution < -0.4 is 11.1 Å². The van der Waals surface area contributed by atoms with Gasteiger partial charge in [0.2, 0.25) is 0 Å². The van der Waals surface area contributed by atoms with Gasteiger partial charge < -0.3 is 11.1 Å². The van der Waals surface area contributed by atoms with Crippen LogP contribution in [0.15, 0.2) is 24.4 Å². The third-order valence-electron chi connectivity index (χ3n) is 1.70. The van der Waals surface area contributed by atoms with E-state index in [1.807, 2.05) is 0 Å². The maximum atomic E-state index is 13.3. The Morgan fingerprint density at radius 2 is 2.27 bits per heavy atom. The lowest BCUT2D eigenvalue weighted by atomic mass is 10.3. The van der Waals surface area contributed by atoms with Crippen LogP contribution >= 0.6 is 22.9 Å². The SMILES string of the molecule is Nc1cnc(Nc2ccc(Cl)cc2F)s1. The molecule has 0 amide bonds. The van der Waals surface area contributed by atoms with E-state index in [9.17, 15) is 4.39 Å². The summed E-state index contributed by atoms with van der Waals surface area (Å²) < 4.78 is 13.3. The fraction of sp³-hybridized carbons (Fsp3) is 0. The second kappa shape index (κ2) is 4.04. The second-order valence-electron chi connectivity index (χ2n) is 2.82. The van der Waals surface area contributed by atoms with Gasteiger partial charge >= 0.3 is 0 Å². The predicted molar refractivity (Wildman–Crippen MR) is 61.2 cm³/mol. The van der Waals surface area contributed by atoms with Crippen LogP contribution in [-0.2, 0) is 0 Å². The molecule has 0 saturated heterocycles. The van der Waals surface area contributed by atoms with E-state index in [1.165, 1.54) is 23.6 Å². The molecule has 0 aliphatic heterocycles. The highest BCUT2D eigenvalue weighted by Gasteiger charge is 2.05. The first-order chi connectivity index (χ1) is 7.15. The molecule has 3 nitrogen and oxygen atoms in total. The maximum Gasteiger partial charge on any atom is 0.189 e. The highest BCUT2D eigenvalue weighted by Crippen LogP contribution is 2.26. The smallest absolute Gasteiger partial charge is 0.189 e. The fourth-order valence-corrected chi connectivity index (χ4v) is 1.80. The number of nitrogens with one attached hydrogen (secondary N) is 1. The normalized spacial score (nSPS) is 10.3. The Bertz CT molecular complexity index is 486. The molecule has 2 aromatic rings. The van der Waals surface area contributed by atoms with Crippen molar-refractivity contribution in [3.63, 3.8) is 0 Å². The number of aromatic nitrogens is 1. The molecule has 0 unspecified atom stereocenters. The van der Waals surface area contributed by atoms with Crippen LogP contribution in [0, 0.1) is 5.82 Å². The quantitative estimate of drug-likeness (QED) is 0.851. The topological polar surface area (TPSA) is 50.9 Å². The van der Waals surface area contributed by atoms with Gasteiger partial charge in [0.15, 0.2) is 5.13 Å². The summed E-state index contributed by atoms with van der Waals surface area (Å²) in [6, 6.07) is 4.39. The van der Waals surface area contributed by atoms with Crippen molar-refractivity contribution in [2.75, 3.05) is 11.1 Å². The molecule has 1 aromatic carbocycles. The number of benzene rings is 1. The first-order valence-electron chi connectivity index (χ1n) is 4.08. The fourth-order valence-electron chi connectivity index (χ4n) is 1.05. The van der Waals surface area contributed by atoms with Crippen molar-refractivity contribution in [2.45, 2.75) is 0 Å². The zero-order chi connectivity index (χ0) is 10.8. The van der Waals surface area contributed by atoms with Gasteiger partial charge in [-0.15, -0.1) is 0 Å². The summed E-state index contributed by atoms with van der Waals surface area (Å²) in [7, 11) is 0. The largest absolute Gasteiger partial charge is 0.389 e. The molecule has 3 N–H and O–H groups in total. The molecule has 0 spiro atoms. The Kier molecular flexibility index (Phi) is 2.75. The van der Waals surface area contributed by atoms with Gasteiger partial charge in [-0.1, -0.05) is 22.9 Å². The summed E-state index contributed by atoms with van der Waals surface area (Å²) in [6.07, 6.45) is 1.51. The van der Waals surface area contributed by atoms with Crippen molar-refractivity contribution in [3.05, 3.63) is 35.2 Å². The summed E-state index contributed by atoms with van der Waals surface area (Å²) in [4.78, 5) is 3.96. The van der Waals surface area contributed by atoms with Crippen LogP contribution in [0.4, 0.5) is 20.2 Å². The minimum atomic E-state index is -0.420. The van der Waals surface area contributed by atoms with Crippen molar-refractivity contribution in [3.8, 4) is 0 Å². The van der Waals surface area contributed by atoms with Crippen molar-refractivity contribution >= 4 is 38.8 Å². The molecule has 0 fully saturated rings. The molecule has 78 valence electrons. The minimum Gasteiger partial charge on any atom is -0.389 e. The van der Waals surface area contributed by atoms with E-state index < -0.39 is 5.82 Å². The van der Waals surface area contributed by atoms with Crippen LogP contribution in [0.3, 0.4) is 0 Å². The number of thiazole rings is 1. The summed E-state index contributed by atoms with van der Waals surface area (Å²) in [5.74, 6) is -0.420. The molecule has 0 saturated carbocycles. The highest BCUT2D eigenvalue weighted by atomic mass is 35.5. The average molecular weight is 244 g/mol. The molecule has 6 heteroatoms. The highest BCUT2D eigenvalue weighted by molar-refractivity contribution is 7.19. The lowest BCUT2D eigenvalue weighted by molar-refractivity contribution is 0.632. The lowest BCUT2D eigenvalue weighted by Crippen LogP contribution is -1.92. The Labute approximate surface area is 94.7 Å². The number of hydrogen-bond acceptors (Lipinski definition) is 4. The number of anilines is 3. The summed E-state index contributed by atoms with van der Waals surface area (Å²) in [6.45, 7) is 0. The molecule has 15 heavy (non-hydrogen) atoms. The summed E-state index contributed by atoms with van der Waals surface area (Å²) >= 11 is 6.87. The van der Waals surface area contributed by atoms with E-state index in [2.05, 4.69) is 10.3 Å². The number of halogens is 2. The van der Waals surface area contributed by atoms with Gasteiger partial charge in [0.25, 0.3) is 0 Å². The van der Waals surface area contributed by atoms with E-state index in [-0.39, 0.29) is 0 Å². The number of rotatable bonds is 2. The van der Waals surface area contributed by atoms with Gasteiger partial charge in [-0.25, -0.2) is 9.37 Å². The average Bonchev–Trinajstić information content (AvgIpc) is 2.56. The maximum absolute atomic E-state index is 13.3. The molecule has 1 heterocycles. The van der Waals surface area contributed by atoms with Crippen LogP contribution in [-0.4, -0.2) is 4.98 Å². The lowest BCUT2D eigenvalue weighted by Gasteiger charge is -2.03. The third kappa shape index (κ3) is 2.37. The molecule has 0 radical (unpaired) electrons. The molecular formula is C9H7ClFN3S. The van der Waals surface area contributed by atoms with Crippen molar-refractivity contribution in [2.24, 2.45) is 0 Å². The number of nitrogens with two attached hydrogens (primary N) is 1. The van der Waals surface area contributed by atoms with E-state index in [0.717, 1.165) is 0 Å². The Balaban J connectivity index is 2.24. The number of hydrogen-bond donors (Lipinski definition) is 2. The monoisotopic (exact) mass is 243 g/mol. The van der Waals surface area contributed by atoms with Crippen LogP contribution in [0.5, 0.6) is 0 Å². The van der Waals surface area contributed by atoms with Gasteiger partial charge in [-0.3, -0.25) is 0 Å². The van der Waals surface area contributed by atoms with Crippen molar-refractivity contribution in [1.82, 2.24) is 4.98 Å². The third-order valence-corrected chi connectivity index (χ3v) is 2.67. The number of nitrogen functional groups attached to an aromatic ring is 1. The zero-order valence-corrected chi connectivity index (χ0v) is 9.07. The summed E-state index contributed by atoms with van der Waals surface area (Å²) in [5.41, 5.74) is 5.82. The van der Waals surface area contributed by atoms with Crippen molar-refractivity contribution < 1.29 is 4.39 Å².